The molecule has 100 valence electrons. The molecule has 0 saturated carbocycles. The first-order valence-electron chi connectivity index (χ1n) is 5.95. The first-order chi connectivity index (χ1) is 8.33. The van der Waals surface area contributed by atoms with Gasteiger partial charge in [-0.3, -0.25) is 4.79 Å². The Morgan fingerprint density at radius 1 is 1.39 bits per heavy atom. The Morgan fingerprint density at radius 2 is 2.06 bits per heavy atom. The molecule has 1 aromatic carbocycles. The third-order valence-electron chi connectivity index (χ3n) is 2.48. The Kier molecular flexibility index (Phi) is 5.17. The maximum atomic E-state index is 11.9. The lowest BCUT2D eigenvalue weighted by Gasteiger charge is -2.20. The number of carbonyl (C=O) groups is 1. The van der Waals surface area contributed by atoms with Crippen molar-refractivity contribution in [3.63, 3.8) is 0 Å². The minimum atomic E-state index is 0.0256. The first kappa shape index (κ1) is 15.0. The molecule has 0 bridgehead atoms. The minimum absolute atomic E-state index is 0.0256. The van der Waals surface area contributed by atoms with Gasteiger partial charge in [0.15, 0.2) is 5.78 Å². The van der Waals surface area contributed by atoms with Gasteiger partial charge in [0, 0.05) is 24.1 Å². The van der Waals surface area contributed by atoms with Crippen LogP contribution in [0.5, 0.6) is 5.75 Å². The summed E-state index contributed by atoms with van der Waals surface area (Å²) >= 11 is 5.99. The molecular formula is C14H20ClNO2. The largest absolute Gasteiger partial charge is 0.495 e. The second-order valence-corrected chi connectivity index (χ2v) is 5.61. The fourth-order valence-electron chi connectivity index (χ4n) is 1.54. The number of benzene rings is 1. The molecule has 1 N–H and O–H groups in total. The van der Waals surface area contributed by atoms with Gasteiger partial charge in [0.25, 0.3) is 0 Å². The van der Waals surface area contributed by atoms with E-state index in [2.05, 4.69) is 26.1 Å². The van der Waals surface area contributed by atoms with Crippen LogP contribution in [0.25, 0.3) is 0 Å². The van der Waals surface area contributed by atoms with E-state index in [1.165, 1.54) is 0 Å². The van der Waals surface area contributed by atoms with E-state index in [0.717, 1.165) is 0 Å². The SMILES string of the molecule is COc1ccc(C(=O)CCNC(C)(C)C)cc1Cl. The molecule has 1 rings (SSSR count). The monoisotopic (exact) mass is 269 g/mol. The summed E-state index contributed by atoms with van der Waals surface area (Å²) in [6, 6.07) is 5.11. The van der Waals surface area contributed by atoms with Gasteiger partial charge in [-0.15, -0.1) is 0 Å². The van der Waals surface area contributed by atoms with Crippen LogP contribution in [0.15, 0.2) is 18.2 Å². The van der Waals surface area contributed by atoms with Gasteiger partial charge in [-0.25, -0.2) is 0 Å². The molecule has 0 aromatic heterocycles. The molecule has 0 aliphatic carbocycles. The van der Waals surface area contributed by atoms with E-state index in [9.17, 15) is 4.79 Å². The average Bonchev–Trinajstić information content (AvgIpc) is 2.27. The lowest BCUT2D eigenvalue weighted by Crippen LogP contribution is -2.37. The van der Waals surface area contributed by atoms with Crippen molar-refractivity contribution in [3.05, 3.63) is 28.8 Å². The molecule has 1 aromatic rings. The highest BCUT2D eigenvalue weighted by Crippen LogP contribution is 2.25. The summed E-state index contributed by atoms with van der Waals surface area (Å²) in [7, 11) is 1.55. The lowest BCUT2D eigenvalue weighted by atomic mass is 10.1. The highest BCUT2D eigenvalue weighted by atomic mass is 35.5. The number of ketones is 1. The number of hydrogen-bond donors (Lipinski definition) is 1. The molecule has 0 aliphatic rings. The van der Waals surface area contributed by atoms with Crippen molar-refractivity contribution in [2.45, 2.75) is 32.7 Å². The van der Waals surface area contributed by atoms with Crippen molar-refractivity contribution in [1.82, 2.24) is 5.32 Å². The predicted octanol–water partition coefficient (Wildman–Crippen LogP) is 3.31. The maximum Gasteiger partial charge on any atom is 0.164 e. The minimum Gasteiger partial charge on any atom is -0.495 e. The molecule has 3 nitrogen and oxygen atoms in total. The molecule has 0 saturated heterocycles. The summed E-state index contributed by atoms with van der Waals surface area (Å²) in [5.74, 6) is 0.664. The van der Waals surface area contributed by atoms with Crippen molar-refractivity contribution in [3.8, 4) is 5.75 Å². The highest BCUT2D eigenvalue weighted by molar-refractivity contribution is 6.32. The van der Waals surface area contributed by atoms with Gasteiger partial charge >= 0.3 is 0 Å². The Balaban J connectivity index is 2.59. The van der Waals surface area contributed by atoms with Crippen LogP contribution < -0.4 is 10.1 Å². The summed E-state index contributed by atoms with van der Waals surface area (Å²) in [5.41, 5.74) is 0.647. The second kappa shape index (κ2) is 6.21. The first-order valence-corrected chi connectivity index (χ1v) is 6.33. The standard InChI is InChI=1S/C14H20ClNO2/c1-14(2,3)16-8-7-12(17)10-5-6-13(18-4)11(15)9-10/h5-6,9,16H,7-8H2,1-4H3. The molecule has 0 amide bonds. The molecule has 4 heteroatoms. The van der Waals surface area contributed by atoms with E-state index in [0.29, 0.717) is 29.3 Å². The third-order valence-corrected chi connectivity index (χ3v) is 2.78. The molecule has 0 fully saturated rings. The Morgan fingerprint density at radius 3 is 2.56 bits per heavy atom. The van der Waals surface area contributed by atoms with Crippen LogP contribution in [0.4, 0.5) is 0 Å². The Labute approximate surface area is 113 Å². The van der Waals surface area contributed by atoms with Crippen molar-refractivity contribution in [2.75, 3.05) is 13.7 Å². The number of Topliss-reactive ketones (excluding diaryl/α,β-unsaturated/α-hetero) is 1. The topological polar surface area (TPSA) is 38.3 Å². The number of methoxy groups -OCH3 is 1. The molecule has 18 heavy (non-hydrogen) atoms. The zero-order valence-corrected chi connectivity index (χ0v) is 12.1. The van der Waals surface area contributed by atoms with E-state index in [1.54, 1.807) is 25.3 Å². The van der Waals surface area contributed by atoms with Crippen molar-refractivity contribution >= 4 is 17.4 Å². The van der Waals surface area contributed by atoms with Crippen LogP contribution in [0.2, 0.25) is 5.02 Å². The van der Waals surface area contributed by atoms with Gasteiger partial charge in [0.2, 0.25) is 0 Å². The number of rotatable bonds is 5. The van der Waals surface area contributed by atoms with Gasteiger partial charge in [-0.2, -0.15) is 0 Å². The molecule has 0 unspecified atom stereocenters. The smallest absolute Gasteiger partial charge is 0.164 e. The van der Waals surface area contributed by atoms with Crippen molar-refractivity contribution in [1.29, 1.82) is 0 Å². The Bertz CT molecular complexity index is 424. The number of carbonyl (C=O) groups excluding carboxylic acids is 1. The van der Waals surface area contributed by atoms with Gasteiger partial charge in [-0.1, -0.05) is 11.6 Å². The highest BCUT2D eigenvalue weighted by Gasteiger charge is 2.12. The number of nitrogens with one attached hydrogen (secondary N) is 1. The second-order valence-electron chi connectivity index (χ2n) is 5.20. The van der Waals surface area contributed by atoms with Crippen LogP contribution in [0, 0.1) is 0 Å². The zero-order chi connectivity index (χ0) is 13.8. The summed E-state index contributed by atoms with van der Waals surface area (Å²) in [5, 5.41) is 3.75. The molecule has 0 radical (unpaired) electrons. The Hall–Kier alpha value is -1.06. The number of halogens is 1. The van der Waals surface area contributed by atoms with E-state index in [1.807, 2.05) is 0 Å². The number of hydrogen-bond acceptors (Lipinski definition) is 3. The molecule has 0 heterocycles. The fraction of sp³-hybridized carbons (Fsp3) is 0.500. The van der Waals surface area contributed by atoms with E-state index < -0.39 is 0 Å². The van der Waals surface area contributed by atoms with Gasteiger partial charge in [-0.05, 0) is 39.0 Å². The van der Waals surface area contributed by atoms with E-state index in [-0.39, 0.29) is 11.3 Å². The fourth-order valence-corrected chi connectivity index (χ4v) is 1.79. The predicted molar refractivity (Wildman–Crippen MR) is 74.7 cm³/mol. The lowest BCUT2D eigenvalue weighted by molar-refractivity contribution is 0.0980. The summed E-state index contributed by atoms with van der Waals surface area (Å²) in [6.45, 7) is 6.87. The maximum absolute atomic E-state index is 11.9. The number of ether oxygens (including phenoxy) is 1. The van der Waals surface area contributed by atoms with Gasteiger partial charge < -0.3 is 10.1 Å². The average molecular weight is 270 g/mol. The van der Waals surface area contributed by atoms with E-state index in [4.69, 9.17) is 16.3 Å². The quantitative estimate of drug-likeness (QED) is 0.834. The summed E-state index contributed by atoms with van der Waals surface area (Å²) in [6.07, 6.45) is 0.458. The van der Waals surface area contributed by atoms with E-state index >= 15 is 0 Å². The zero-order valence-electron chi connectivity index (χ0n) is 11.3. The molecule has 0 atom stereocenters. The van der Waals surface area contributed by atoms with Crippen molar-refractivity contribution in [2.24, 2.45) is 0 Å². The normalized spacial score (nSPS) is 11.4. The third kappa shape index (κ3) is 4.67. The molecule has 0 aliphatic heterocycles. The summed E-state index contributed by atoms with van der Waals surface area (Å²) in [4.78, 5) is 11.9. The summed E-state index contributed by atoms with van der Waals surface area (Å²) < 4.78 is 5.05. The van der Waals surface area contributed by atoms with Gasteiger partial charge in [0.1, 0.15) is 5.75 Å². The van der Waals surface area contributed by atoms with Crippen LogP contribution >= 0.6 is 11.6 Å². The van der Waals surface area contributed by atoms with Crippen LogP contribution in [0.1, 0.15) is 37.6 Å². The molecular weight excluding hydrogens is 250 g/mol. The molecule has 0 spiro atoms. The van der Waals surface area contributed by atoms with Crippen LogP contribution in [0.3, 0.4) is 0 Å². The van der Waals surface area contributed by atoms with Gasteiger partial charge in [0.05, 0.1) is 12.1 Å². The van der Waals surface area contributed by atoms with Crippen LogP contribution in [-0.4, -0.2) is 25.0 Å². The van der Waals surface area contributed by atoms with Crippen molar-refractivity contribution < 1.29 is 9.53 Å². The van der Waals surface area contributed by atoms with Crippen LogP contribution in [-0.2, 0) is 0 Å².